The van der Waals surface area contributed by atoms with Crippen molar-refractivity contribution in [2.75, 3.05) is 6.54 Å². The van der Waals surface area contributed by atoms with Crippen LogP contribution in [0.25, 0.3) is 0 Å². The molecule has 1 aromatic carbocycles. The van der Waals surface area contributed by atoms with Gasteiger partial charge < -0.3 is 5.32 Å². The Balaban J connectivity index is 1.75. The van der Waals surface area contributed by atoms with Crippen molar-refractivity contribution in [3.63, 3.8) is 0 Å². The van der Waals surface area contributed by atoms with E-state index in [0.717, 1.165) is 19.3 Å². The average Bonchev–Trinajstić information content (AvgIpc) is 2.48. The Morgan fingerprint density at radius 1 is 1.24 bits per heavy atom. The monoisotopic (exact) mass is 306 g/mol. The Morgan fingerprint density at radius 2 is 2.10 bits per heavy atom. The van der Waals surface area contributed by atoms with Gasteiger partial charge in [0.2, 0.25) is 0 Å². The number of pyridine rings is 1. The number of hydrogen-bond donors (Lipinski definition) is 1. The highest BCUT2D eigenvalue weighted by molar-refractivity contribution is 6.33. The molecule has 0 fully saturated rings. The second-order valence-corrected chi connectivity index (χ2v) is 5.08. The lowest BCUT2D eigenvalue weighted by Crippen LogP contribution is -2.25. The number of nitrogens with zero attached hydrogens (tertiary/aromatic N) is 1. The molecule has 2 aromatic rings. The van der Waals surface area contributed by atoms with E-state index in [2.05, 4.69) is 10.3 Å². The molecule has 5 heteroatoms. The van der Waals surface area contributed by atoms with E-state index in [4.69, 9.17) is 11.6 Å². The Bertz CT molecular complexity index is 584. The molecule has 1 aromatic heterocycles. The van der Waals surface area contributed by atoms with Crippen molar-refractivity contribution in [2.45, 2.75) is 19.3 Å². The molecule has 0 aliphatic carbocycles. The number of aryl methyl sites for hydroxylation is 1. The standard InChI is InChI=1S/C16H16ClFN2O/c17-13-7-3-8-14(18)15(13)16(21)20-10-2-1-5-12-6-4-9-19-11-12/h3-4,6-9,11H,1-2,5,10H2,(H,20,21). The Kier molecular flexibility index (Phi) is 5.69. The fourth-order valence-electron chi connectivity index (χ4n) is 2.01. The van der Waals surface area contributed by atoms with Crippen LogP contribution >= 0.6 is 11.6 Å². The Morgan fingerprint density at radius 3 is 2.81 bits per heavy atom. The van der Waals surface area contributed by atoms with Gasteiger partial charge in [0.05, 0.1) is 10.6 Å². The quantitative estimate of drug-likeness (QED) is 0.828. The summed E-state index contributed by atoms with van der Waals surface area (Å²) in [6, 6.07) is 8.12. The minimum absolute atomic E-state index is 0.0913. The Hall–Kier alpha value is -1.94. The zero-order valence-electron chi connectivity index (χ0n) is 11.5. The van der Waals surface area contributed by atoms with Crippen LogP contribution in [0.15, 0.2) is 42.7 Å². The molecular weight excluding hydrogens is 291 g/mol. The fourth-order valence-corrected chi connectivity index (χ4v) is 2.25. The smallest absolute Gasteiger partial charge is 0.255 e. The zero-order chi connectivity index (χ0) is 15.1. The normalized spacial score (nSPS) is 10.4. The fraction of sp³-hybridized carbons (Fsp3) is 0.250. The van der Waals surface area contributed by atoms with Crippen molar-refractivity contribution in [2.24, 2.45) is 0 Å². The maximum absolute atomic E-state index is 13.5. The molecule has 0 aliphatic rings. The van der Waals surface area contributed by atoms with Crippen LogP contribution < -0.4 is 5.32 Å². The lowest BCUT2D eigenvalue weighted by Gasteiger charge is -2.07. The molecule has 110 valence electrons. The van der Waals surface area contributed by atoms with E-state index in [0.29, 0.717) is 6.54 Å². The highest BCUT2D eigenvalue weighted by Crippen LogP contribution is 2.18. The van der Waals surface area contributed by atoms with Gasteiger partial charge in [-0.05, 0) is 43.0 Å². The molecule has 0 unspecified atom stereocenters. The lowest BCUT2D eigenvalue weighted by atomic mass is 10.1. The van der Waals surface area contributed by atoms with Crippen LogP contribution in [-0.2, 0) is 6.42 Å². The molecule has 0 saturated carbocycles. The number of carbonyl (C=O) groups is 1. The number of amides is 1. The van der Waals surface area contributed by atoms with E-state index in [1.807, 2.05) is 18.3 Å². The lowest BCUT2D eigenvalue weighted by molar-refractivity contribution is 0.0949. The van der Waals surface area contributed by atoms with Crippen molar-refractivity contribution in [3.8, 4) is 0 Å². The summed E-state index contributed by atoms with van der Waals surface area (Å²) in [6.45, 7) is 0.490. The third-order valence-electron chi connectivity index (χ3n) is 3.09. The van der Waals surface area contributed by atoms with Gasteiger partial charge in [-0.1, -0.05) is 23.7 Å². The van der Waals surface area contributed by atoms with Crippen LogP contribution in [0.1, 0.15) is 28.8 Å². The Labute approximate surface area is 128 Å². The molecule has 0 atom stereocenters. The summed E-state index contributed by atoms with van der Waals surface area (Å²) in [7, 11) is 0. The molecule has 3 nitrogen and oxygen atoms in total. The van der Waals surface area contributed by atoms with Crippen molar-refractivity contribution in [1.82, 2.24) is 10.3 Å². The number of unbranched alkanes of at least 4 members (excludes halogenated alkanes) is 1. The molecule has 1 N–H and O–H groups in total. The number of rotatable bonds is 6. The predicted molar refractivity (Wildman–Crippen MR) is 80.9 cm³/mol. The molecule has 2 rings (SSSR count). The van der Waals surface area contributed by atoms with Gasteiger partial charge in [-0.15, -0.1) is 0 Å². The van der Waals surface area contributed by atoms with Gasteiger partial charge in [-0.25, -0.2) is 4.39 Å². The maximum atomic E-state index is 13.5. The summed E-state index contributed by atoms with van der Waals surface area (Å²) in [5, 5.41) is 2.82. The summed E-state index contributed by atoms with van der Waals surface area (Å²) in [4.78, 5) is 15.9. The average molecular weight is 307 g/mol. The molecule has 0 bridgehead atoms. The summed E-state index contributed by atoms with van der Waals surface area (Å²) in [5.74, 6) is -1.07. The number of nitrogens with one attached hydrogen (secondary N) is 1. The second kappa shape index (κ2) is 7.74. The summed E-state index contributed by atoms with van der Waals surface area (Å²) in [5.41, 5.74) is 1.08. The molecule has 1 amide bonds. The first-order valence-corrected chi connectivity index (χ1v) is 7.17. The molecule has 0 aliphatic heterocycles. The molecular formula is C16H16ClFN2O. The second-order valence-electron chi connectivity index (χ2n) is 4.67. The van der Waals surface area contributed by atoms with Gasteiger partial charge >= 0.3 is 0 Å². The predicted octanol–water partition coefficient (Wildman–Crippen LogP) is 3.63. The maximum Gasteiger partial charge on any atom is 0.255 e. The van der Waals surface area contributed by atoms with Crippen LogP contribution in [0.5, 0.6) is 0 Å². The van der Waals surface area contributed by atoms with Crippen molar-refractivity contribution < 1.29 is 9.18 Å². The number of benzene rings is 1. The van der Waals surface area contributed by atoms with Crippen LogP contribution in [0.2, 0.25) is 5.02 Å². The SMILES string of the molecule is O=C(NCCCCc1cccnc1)c1c(F)cccc1Cl. The van der Waals surface area contributed by atoms with Gasteiger partial charge in [-0.3, -0.25) is 9.78 Å². The van der Waals surface area contributed by atoms with Crippen molar-refractivity contribution in [1.29, 1.82) is 0 Å². The molecule has 21 heavy (non-hydrogen) atoms. The largest absolute Gasteiger partial charge is 0.352 e. The van der Waals surface area contributed by atoms with E-state index in [1.165, 1.54) is 23.8 Å². The first-order valence-electron chi connectivity index (χ1n) is 6.79. The van der Waals surface area contributed by atoms with Gasteiger partial charge in [0.25, 0.3) is 5.91 Å². The molecule has 1 heterocycles. The number of hydrogen-bond acceptors (Lipinski definition) is 2. The van der Waals surface area contributed by atoms with E-state index in [-0.39, 0.29) is 10.6 Å². The van der Waals surface area contributed by atoms with E-state index < -0.39 is 11.7 Å². The molecule has 0 spiro atoms. The summed E-state index contributed by atoms with van der Waals surface area (Å²) < 4.78 is 13.5. The van der Waals surface area contributed by atoms with Gasteiger partial charge in [-0.2, -0.15) is 0 Å². The van der Waals surface area contributed by atoms with Gasteiger partial charge in [0, 0.05) is 18.9 Å². The first-order chi connectivity index (χ1) is 10.2. The zero-order valence-corrected chi connectivity index (χ0v) is 12.2. The van der Waals surface area contributed by atoms with Crippen LogP contribution in [0.4, 0.5) is 4.39 Å². The van der Waals surface area contributed by atoms with Gasteiger partial charge in [0.15, 0.2) is 0 Å². The number of aromatic nitrogens is 1. The topological polar surface area (TPSA) is 42.0 Å². The van der Waals surface area contributed by atoms with Crippen molar-refractivity contribution >= 4 is 17.5 Å². The van der Waals surface area contributed by atoms with E-state index in [9.17, 15) is 9.18 Å². The van der Waals surface area contributed by atoms with Crippen LogP contribution in [-0.4, -0.2) is 17.4 Å². The molecule has 0 radical (unpaired) electrons. The van der Waals surface area contributed by atoms with Crippen LogP contribution in [0, 0.1) is 5.82 Å². The van der Waals surface area contributed by atoms with E-state index in [1.54, 1.807) is 6.20 Å². The van der Waals surface area contributed by atoms with Crippen LogP contribution in [0.3, 0.4) is 0 Å². The highest BCUT2D eigenvalue weighted by atomic mass is 35.5. The highest BCUT2D eigenvalue weighted by Gasteiger charge is 2.14. The minimum atomic E-state index is -0.602. The minimum Gasteiger partial charge on any atom is -0.352 e. The van der Waals surface area contributed by atoms with Crippen molar-refractivity contribution in [3.05, 3.63) is 64.7 Å². The third-order valence-corrected chi connectivity index (χ3v) is 3.41. The summed E-state index contributed by atoms with van der Waals surface area (Å²) >= 11 is 5.84. The number of carbonyl (C=O) groups excluding carboxylic acids is 1. The van der Waals surface area contributed by atoms with E-state index >= 15 is 0 Å². The summed E-state index contributed by atoms with van der Waals surface area (Å²) in [6.07, 6.45) is 6.22. The molecule has 0 saturated heterocycles. The first kappa shape index (κ1) is 15.4. The van der Waals surface area contributed by atoms with Gasteiger partial charge in [0.1, 0.15) is 5.82 Å². The third kappa shape index (κ3) is 4.53. The number of halogens is 2.